The fourth-order valence-electron chi connectivity index (χ4n) is 9.02. The highest BCUT2D eigenvalue weighted by Crippen LogP contribution is 2.71. The van der Waals surface area contributed by atoms with Crippen molar-refractivity contribution in [2.45, 2.75) is 78.3 Å². The van der Waals surface area contributed by atoms with E-state index in [1.54, 1.807) is 49.9 Å². The second-order valence-corrected chi connectivity index (χ2v) is 15.5. The number of aliphatic hydroxyl groups is 1. The summed E-state index contributed by atoms with van der Waals surface area (Å²) in [4.78, 5) is 42.7. The summed E-state index contributed by atoms with van der Waals surface area (Å²) in [5.74, 6) is -5.12. The van der Waals surface area contributed by atoms with E-state index in [-0.39, 0.29) is 30.4 Å². The van der Waals surface area contributed by atoms with Crippen LogP contribution in [0.1, 0.15) is 50.4 Å². The molecule has 0 radical (unpaired) electrons. The van der Waals surface area contributed by atoms with Crippen LogP contribution in [-0.2, 0) is 19.1 Å². The lowest BCUT2D eigenvalue weighted by atomic mass is 9.44. The summed E-state index contributed by atoms with van der Waals surface area (Å²) in [5, 5.41) is 11.7. The van der Waals surface area contributed by atoms with Crippen molar-refractivity contribution in [2.75, 3.05) is 13.1 Å². The number of ketones is 1. The van der Waals surface area contributed by atoms with Crippen molar-refractivity contribution in [1.29, 1.82) is 0 Å². The number of hydrogen-bond acceptors (Lipinski definition) is 8. The molecule has 1 N–H and O–H groups in total. The number of rotatable bonds is 7. The van der Waals surface area contributed by atoms with E-state index < -0.39 is 76.7 Å². The summed E-state index contributed by atoms with van der Waals surface area (Å²) in [6.07, 6.45) is 1.64. The topological polar surface area (TPSA) is 89.9 Å². The molecule has 6 rings (SSSR count). The van der Waals surface area contributed by atoms with Crippen LogP contribution in [0, 0.1) is 28.6 Å². The molecule has 4 aliphatic carbocycles. The maximum Gasteiger partial charge on any atom is 0.353 e. The Morgan fingerprint density at radius 3 is 2.23 bits per heavy atom. The highest BCUT2D eigenvalue weighted by molar-refractivity contribution is 7.99. The molecule has 0 aliphatic heterocycles. The molecule has 2 aromatic rings. The minimum absolute atomic E-state index is 0.0226. The molecule has 0 saturated heterocycles. The molecule has 11 heteroatoms. The summed E-state index contributed by atoms with van der Waals surface area (Å²) in [7, 11) is 0. The average molecular weight is 687 g/mol. The van der Waals surface area contributed by atoms with Gasteiger partial charge in [0.2, 0.25) is 12.5 Å². The average Bonchev–Trinajstić information content (AvgIpc) is 3.26. The molecule has 0 spiro atoms. The number of alkyl halides is 3. The lowest BCUT2D eigenvalue weighted by Gasteiger charge is -2.63. The highest BCUT2D eigenvalue weighted by atomic mass is 32.2. The molecule has 0 aromatic heterocycles. The normalized spacial score (nSPS) is 37.3. The second-order valence-electron chi connectivity index (χ2n) is 13.5. The van der Waals surface area contributed by atoms with E-state index in [1.807, 2.05) is 30.5 Å². The van der Waals surface area contributed by atoms with Crippen LogP contribution in [0.3, 0.4) is 0 Å². The van der Waals surface area contributed by atoms with Crippen LogP contribution >= 0.6 is 23.5 Å². The first kappa shape index (κ1) is 33.9. The van der Waals surface area contributed by atoms with Crippen LogP contribution in [0.15, 0.2) is 87.0 Å². The van der Waals surface area contributed by atoms with Crippen molar-refractivity contribution in [1.82, 2.24) is 0 Å². The maximum absolute atomic E-state index is 17.6. The van der Waals surface area contributed by atoms with Gasteiger partial charge in [0.1, 0.15) is 6.17 Å². The quantitative estimate of drug-likeness (QED) is 0.237. The van der Waals surface area contributed by atoms with E-state index in [9.17, 15) is 23.9 Å². The Labute approximate surface area is 280 Å². The third-order valence-electron chi connectivity index (χ3n) is 11.3. The number of allylic oxidation sites excluding steroid dienone is 4. The van der Waals surface area contributed by atoms with E-state index in [2.05, 4.69) is 0 Å². The zero-order valence-electron chi connectivity index (χ0n) is 26.5. The van der Waals surface area contributed by atoms with Gasteiger partial charge in [-0.15, -0.1) is 11.8 Å². The SMILES string of the molecule is CSc1ccc(Sc2ccc(C(=O)OC3(C(=O)OCF)[C@H](C)C[C@H]4[C@@H]5C[C@H](F)C6=CC(=O)C=C[C@]6(C)C5(F)[C@@H](O)C[C@@]43C)cc2)cc1. The number of benzene rings is 2. The van der Waals surface area contributed by atoms with E-state index >= 15 is 8.78 Å². The number of ether oxygens (including phenoxy) is 2. The van der Waals surface area contributed by atoms with Gasteiger partial charge in [0, 0.05) is 37.4 Å². The van der Waals surface area contributed by atoms with Gasteiger partial charge in [-0.3, -0.25) is 4.79 Å². The molecule has 3 fully saturated rings. The Morgan fingerprint density at radius 1 is 1.00 bits per heavy atom. The molecule has 0 heterocycles. The first-order valence-corrected chi connectivity index (χ1v) is 17.6. The third-order valence-corrected chi connectivity index (χ3v) is 13.1. The number of hydrogen-bond donors (Lipinski definition) is 1. The molecule has 3 saturated carbocycles. The number of aliphatic hydroxyl groups excluding tert-OH is 1. The second kappa shape index (κ2) is 12.1. The highest BCUT2D eigenvalue weighted by Gasteiger charge is 2.78. The molecular formula is C36H37F3O6S2. The molecule has 47 heavy (non-hydrogen) atoms. The fraction of sp³-hybridized carbons (Fsp3) is 0.472. The van der Waals surface area contributed by atoms with Crippen LogP contribution in [-0.4, -0.2) is 59.5 Å². The van der Waals surface area contributed by atoms with E-state index in [1.165, 1.54) is 30.8 Å². The van der Waals surface area contributed by atoms with E-state index in [0.717, 1.165) is 20.8 Å². The number of esters is 2. The van der Waals surface area contributed by atoms with Gasteiger partial charge in [0.25, 0.3) is 0 Å². The number of fused-ring (bicyclic) bond motifs is 5. The zero-order chi connectivity index (χ0) is 33.9. The lowest BCUT2D eigenvalue weighted by molar-refractivity contribution is -0.232. The predicted molar refractivity (Wildman–Crippen MR) is 172 cm³/mol. The van der Waals surface area contributed by atoms with Crippen LogP contribution in [0.4, 0.5) is 13.2 Å². The van der Waals surface area contributed by atoms with Gasteiger partial charge in [-0.25, -0.2) is 22.8 Å². The lowest BCUT2D eigenvalue weighted by Crippen LogP contribution is -2.71. The van der Waals surface area contributed by atoms with Crippen molar-refractivity contribution >= 4 is 41.2 Å². The Kier molecular flexibility index (Phi) is 8.75. The first-order chi connectivity index (χ1) is 22.2. The standard InChI is InChI=1S/C36H37F3O6S2/c1-20-15-26-27-17-29(38)28-16-22(40)13-14-33(28,2)35(27,39)30(41)18-34(26,3)36(20,32(43)44-19-37)45-31(42)21-5-7-24(8-6-21)47-25-11-9-23(46-4)10-12-25/h5-14,16,20,26-27,29-30,41H,15,17-19H2,1-4H3/t20-,26+,27+,29+,30+,33+,34+,35?,36?/m1/s1. The van der Waals surface area contributed by atoms with Crippen LogP contribution in [0.5, 0.6) is 0 Å². The molecule has 0 bridgehead atoms. The van der Waals surface area contributed by atoms with Crippen molar-refractivity contribution in [3.05, 3.63) is 77.9 Å². The first-order valence-electron chi connectivity index (χ1n) is 15.6. The number of thioether (sulfide) groups is 1. The van der Waals surface area contributed by atoms with Gasteiger partial charge in [0.15, 0.2) is 11.5 Å². The molecule has 6 nitrogen and oxygen atoms in total. The Morgan fingerprint density at radius 2 is 1.62 bits per heavy atom. The van der Waals surface area contributed by atoms with Gasteiger partial charge in [-0.1, -0.05) is 31.7 Å². The fourth-order valence-corrected chi connectivity index (χ4v) is 10.2. The van der Waals surface area contributed by atoms with Crippen molar-refractivity contribution < 1.29 is 42.1 Å². The Balaban J connectivity index is 1.33. The number of halogens is 3. The van der Waals surface area contributed by atoms with Gasteiger partial charge < -0.3 is 14.6 Å². The molecule has 0 amide bonds. The summed E-state index contributed by atoms with van der Waals surface area (Å²) < 4.78 is 58.1. The molecule has 9 atom stereocenters. The maximum atomic E-state index is 17.6. The molecule has 2 aromatic carbocycles. The summed E-state index contributed by atoms with van der Waals surface area (Å²) in [5.41, 5.74) is -7.45. The largest absolute Gasteiger partial charge is 0.443 e. The van der Waals surface area contributed by atoms with Gasteiger partial charge in [-0.2, -0.15) is 0 Å². The smallest absolute Gasteiger partial charge is 0.353 e. The van der Waals surface area contributed by atoms with E-state index in [0.29, 0.717) is 0 Å². The Hall–Kier alpha value is -3.02. The van der Waals surface area contributed by atoms with Crippen LogP contribution in [0.25, 0.3) is 0 Å². The van der Waals surface area contributed by atoms with Crippen molar-refractivity contribution in [2.24, 2.45) is 28.6 Å². The minimum Gasteiger partial charge on any atom is -0.443 e. The predicted octanol–water partition coefficient (Wildman–Crippen LogP) is 7.49. The van der Waals surface area contributed by atoms with Crippen molar-refractivity contribution in [3.8, 4) is 0 Å². The number of carbonyl (C=O) groups is 3. The molecule has 2 unspecified atom stereocenters. The van der Waals surface area contributed by atoms with Crippen molar-refractivity contribution in [3.63, 3.8) is 0 Å². The van der Waals surface area contributed by atoms with E-state index in [4.69, 9.17) is 9.47 Å². The summed E-state index contributed by atoms with van der Waals surface area (Å²) >= 11 is 3.15. The Bertz CT molecular complexity index is 1650. The third kappa shape index (κ3) is 5.01. The zero-order valence-corrected chi connectivity index (χ0v) is 28.1. The summed E-state index contributed by atoms with van der Waals surface area (Å²) in [6.45, 7) is 3.26. The molecule has 250 valence electrons. The van der Waals surface area contributed by atoms with Crippen LogP contribution < -0.4 is 0 Å². The molecule has 4 aliphatic rings. The molecular weight excluding hydrogens is 650 g/mol. The van der Waals surface area contributed by atoms with Gasteiger partial charge >= 0.3 is 11.9 Å². The summed E-state index contributed by atoms with van der Waals surface area (Å²) in [6, 6.07) is 14.7. The number of carbonyl (C=O) groups excluding carboxylic acids is 3. The van der Waals surface area contributed by atoms with Gasteiger partial charge in [0.05, 0.1) is 11.7 Å². The van der Waals surface area contributed by atoms with Crippen LogP contribution in [0.2, 0.25) is 0 Å². The minimum atomic E-state index is -2.39. The monoisotopic (exact) mass is 686 g/mol. The van der Waals surface area contributed by atoms with Gasteiger partial charge in [-0.05, 0) is 105 Å².